The number of nitrogens with zero attached hydrogens (tertiary/aromatic N) is 1. The Balaban J connectivity index is 0.000000221. The third kappa shape index (κ3) is 6.66. The van der Waals surface area contributed by atoms with Crippen LogP contribution < -0.4 is 10.1 Å². The Bertz CT molecular complexity index is 595. The van der Waals surface area contributed by atoms with E-state index in [1.54, 1.807) is 0 Å². The quantitative estimate of drug-likeness (QED) is 0.632. The molecule has 1 aromatic rings. The zero-order chi connectivity index (χ0) is 20.9. The first kappa shape index (κ1) is 23.0. The molecule has 4 atom stereocenters. The summed E-state index contributed by atoms with van der Waals surface area (Å²) < 4.78 is 11.5. The number of likely N-dealkylation sites (N-methyl/N-ethyl adjacent to an activating group) is 1. The lowest BCUT2D eigenvalue weighted by molar-refractivity contribution is -0.105. The standard InChI is InChI=1S/C14H21NO2.C10H21N/c1-11(2)15-12-7-3-4-8-13(12)17-14-9-5-6-10-16-14;1-8-10(5,11(8)6)7-9(2,3)4/h3-4,7-8,11,14-15H,5-6,9-10H2,1-2H3;8H,7H2,1-6H3. The zero-order valence-corrected chi connectivity index (χ0v) is 19.3. The van der Waals surface area contributed by atoms with Crippen LogP contribution in [0.4, 0.5) is 5.69 Å². The lowest BCUT2D eigenvalue weighted by atomic mass is 9.84. The number of benzene rings is 1. The van der Waals surface area contributed by atoms with Crippen molar-refractivity contribution in [1.29, 1.82) is 0 Å². The highest BCUT2D eigenvalue weighted by molar-refractivity contribution is 5.56. The minimum atomic E-state index is -0.0844. The normalized spacial score (nSPS) is 29.7. The maximum absolute atomic E-state index is 5.90. The summed E-state index contributed by atoms with van der Waals surface area (Å²) in [4.78, 5) is 2.46. The molecule has 0 saturated carbocycles. The summed E-state index contributed by atoms with van der Waals surface area (Å²) in [7, 11) is 2.22. The predicted octanol–water partition coefficient (Wildman–Crippen LogP) is 5.93. The van der Waals surface area contributed by atoms with Crippen LogP contribution in [0.25, 0.3) is 0 Å². The van der Waals surface area contributed by atoms with Crippen molar-refractivity contribution in [2.75, 3.05) is 19.0 Å². The lowest BCUT2D eigenvalue weighted by Gasteiger charge is -2.25. The van der Waals surface area contributed by atoms with Crippen LogP contribution in [0.2, 0.25) is 0 Å². The van der Waals surface area contributed by atoms with E-state index in [-0.39, 0.29) is 6.29 Å². The Morgan fingerprint density at radius 2 is 1.89 bits per heavy atom. The molecule has 28 heavy (non-hydrogen) atoms. The van der Waals surface area contributed by atoms with Crippen LogP contribution in [0.1, 0.15) is 74.1 Å². The Morgan fingerprint density at radius 1 is 1.25 bits per heavy atom. The summed E-state index contributed by atoms with van der Waals surface area (Å²) >= 11 is 0. The maximum Gasteiger partial charge on any atom is 0.199 e. The van der Waals surface area contributed by atoms with Crippen molar-refractivity contribution in [3.05, 3.63) is 24.3 Å². The van der Waals surface area contributed by atoms with E-state index in [0.717, 1.165) is 36.9 Å². The molecule has 0 aliphatic carbocycles. The average molecular weight is 391 g/mol. The van der Waals surface area contributed by atoms with Gasteiger partial charge in [0.05, 0.1) is 12.3 Å². The summed E-state index contributed by atoms with van der Waals surface area (Å²) in [5.41, 5.74) is 1.99. The van der Waals surface area contributed by atoms with Crippen LogP contribution >= 0.6 is 0 Å². The maximum atomic E-state index is 5.90. The molecule has 0 spiro atoms. The van der Waals surface area contributed by atoms with E-state index in [9.17, 15) is 0 Å². The molecule has 160 valence electrons. The summed E-state index contributed by atoms with van der Waals surface area (Å²) in [5, 5.41) is 3.38. The monoisotopic (exact) mass is 390 g/mol. The second-order valence-corrected chi connectivity index (χ2v) is 10.1. The van der Waals surface area contributed by atoms with Gasteiger partial charge in [-0.2, -0.15) is 0 Å². The molecule has 1 N–H and O–H groups in total. The van der Waals surface area contributed by atoms with Gasteiger partial charge in [-0.1, -0.05) is 32.9 Å². The Labute approximate surface area is 173 Å². The van der Waals surface area contributed by atoms with Crippen LogP contribution in [-0.4, -0.2) is 42.5 Å². The first-order valence-corrected chi connectivity index (χ1v) is 10.9. The highest BCUT2D eigenvalue weighted by Gasteiger charge is 2.54. The van der Waals surface area contributed by atoms with Gasteiger partial charge >= 0.3 is 0 Å². The fourth-order valence-electron chi connectivity index (χ4n) is 4.10. The molecule has 0 aromatic heterocycles. The van der Waals surface area contributed by atoms with Crippen LogP contribution in [0.5, 0.6) is 5.75 Å². The van der Waals surface area contributed by atoms with E-state index < -0.39 is 0 Å². The SMILES string of the molecule is CC(C)Nc1ccccc1OC1CCCCO1.CC1N(C)C1(C)CC(C)(C)C. The first-order valence-electron chi connectivity index (χ1n) is 10.9. The van der Waals surface area contributed by atoms with Gasteiger partial charge < -0.3 is 14.8 Å². The second kappa shape index (κ2) is 9.49. The number of para-hydroxylation sites is 2. The van der Waals surface area contributed by atoms with E-state index in [4.69, 9.17) is 9.47 Å². The third-order valence-electron chi connectivity index (χ3n) is 5.83. The van der Waals surface area contributed by atoms with Gasteiger partial charge in [0.15, 0.2) is 6.29 Å². The fraction of sp³-hybridized carbons (Fsp3) is 0.750. The van der Waals surface area contributed by atoms with Gasteiger partial charge in [0.1, 0.15) is 5.75 Å². The zero-order valence-electron chi connectivity index (χ0n) is 19.3. The molecule has 3 rings (SSSR count). The van der Waals surface area contributed by atoms with Crippen molar-refractivity contribution in [2.45, 2.75) is 98.1 Å². The van der Waals surface area contributed by atoms with E-state index in [1.165, 1.54) is 12.8 Å². The summed E-state index contributed by atoms with van der Waals surface area (Å²) in [5.74, 6) is 0.883. The second-order valence-electron chi connectivity index (χ2n) is 10.1. The molecule has 2 aliphatic heterocycles. The number of hydrogen-bond donors (Lipinski definition) is 1. The van der Waals surface area contributed by atoms with Crippen LogP contribution in [0, 0.1) is 5.41 Å². The average Bonchev–Trinajstić information content (AvgIpc) is 3.06. The van der Waals surface area contributed by atoms with Crippen molar-refractivity contribution in [3.63, 3.8) is 0 Å². The van der Waals surface area contributed by atoms with Gasteiger partial charge in [0.2, 0.25) is 0 Å². The molecule has 1 aromatic carbocycles. The van der Waals surface area contributed by atoms with Crippen LogP contribution in [0.3, 0.4) is 0 Å². The molecule has 0 amide bonds. The van der Waals surface area contributed by atoms with Gasteiger partial charge in [0.25, 0.3) is 0 Å². The number of nitrogens with one attached hydrogen (secondary N) is 1. The number of ether oxygens (including phenoxy) is 2. The fourth-order valence-corrected chi connectivity index (χ4v) is 4.10. The van der Waals surface area contributed by atoms with Gasteiger partial charge in [-0.05, 0) is 71.6 Å². The van der Waals surface area contributed by atoms with Crippen molar-refractivity contribution in [2.24, 2.45) is 5.41 Å². The van der Waals surface area contributed by atoms with Crippen LogP contribution in [0.15, 0.2) is 24.3 Å². The molecular formula is C24H42N2O2. The summed E-state index contributed by atoms with van der Waals surface area (Å²) in [6.45, 7) is 16.7. The minimum absolute atomic E-state index is 0.0844. The molecule has 2 aliphatic rings. The topological polar surface area (TPSA) is 33.5 Å². The molecule has 2 heterocycles. The largest absolute Gasteiger partial charge is 0.463 e. The molecule has 0 bridgehead atoms. The Hall–Kier alpha value is -1.26. The molecule has 4 unspecified atom stereocenters. The van der Waals surface area contributed by atoms with E-state index in [0.29, 0.717) is 17.0 Å². The van der Waals surface area contributed by atoms with Crippen LogP contribution in [-0.2, 0) is 4.74 Å². The third-order valence-corrected chi connectivity index (χ3v) is 5.83. The molecule has 4 heteroatoms. The minimum Gasteiger partial charge on any atom is -0.463 e. The van der Waals surface area contributed by atoms with E-state index in [1.807, 2.05) is 24.3 Å². The molecule has 2 fully saturated rings. The molecule has 4 nitrogen and oxygen atoms in total. The van der Waals surface area contributed by atoms with E-state index >= 15 is 0 Å². The van der Waals surface area contributed by atoms with Crippen molar-refractivity contribution < 1.29 is 9.47 Å². The number of anilines is 1. The Kier molecular flexibility index (Phi) is 7.81. The molecule has 2 saturated heterocycles. The summed E-state index contributed by atoms with van der Waals surface area (Å²) in [6, 6.07) is 9.21. The van der Waals surface area contributed by atoms with Crippen molar-refractivity contribution >= 4 is 5.69 Å². The highest BCUT2D eigenvalue weighted by Crippen LogP contribution is 2.46. The Morgan fingerprint density at radius 3 is 2.36 bits per heavy atom. The van der Waals surface area contributed by atoms with E-state index in [2.05, 4.69) is 65.7 Å². The highest BCUT2D eigenvalue weighted by atomic mass is 16.7. The first-order chi connectivity index (χ1) is 13.0. The smallest absolute Gasteiger partial charge is 0.199 e. The van der Waals surface area contributed by atoms with Crippen molar-refractivity contribution in [3.8, 4) is 5.75 Å². The van der Waals surface area contributed by atoms with Crippen molar-refractivity contribution in [1.82, 2.24) is 4.90 Å². The predicted molar refractivity (Wildman–Crippen MR) is 119 cm³/mol. The van der Waals surface area contributed by atoms with Gasteiger partial charge in [-0.25, -0.2) is 0 Å². The van der Waals surface area contributed by atoms with Gasteiger partial charge in [0, 0.05) is 24.0 Å². The summed E-state index contributed by atoms with van der Waals surface area (Å²) in [6.07, 6.45) is 4.53. The molecular weight excluding hydrogens is 348 g/mol. The van der Waals surface area contributed by atoms with Gasteiger partial charge in [-0.3, -0.25) is 4.90 Å². The van der Waals surface area contributed by atoms with Gasteiger partial charge in [-0.15, -0.1) is 0 Å². The lowest BCUT2D eigenvalue weighted by Crippen LogP contribution is -2.25. The molecule has 0 radical (unpaired) electrons. The number of hydrogen-bond acceptors (Lipinski definition) is 4. The number of rotatable bonds is 5.